The predicted octanol–water partition coefficient (Wildman–Crippen LogP) is 1.40. The Morgan fingerprint density at radius 3 is 2.35 bits per heavy atom. The summed E-state index contributed by atoms with van der Waals surface area (Å²) >= 11 is 0. The summed E-state index contributed by atoms with van der Waals surface area (Å²) in [5.74, 6) is 0.927. The minimum atomic E-state index is 0.927. The van der Waals surface area contributed by atoms with Crippen molar-refractivity contribution in [3.63, 3.8) is 0 Å². The van der Waals surface area contributed by atoms with E-state index in [-0.39, 0.29) is 0 Å². The van der Waals surface area contributed by atoms with Crippen LogP contribution in [0.4, 0.5) is 0 Å². The van der Waals surface area contributed by atoms with E-state index in [9.17, 15) is 0 Å². The number of nitrogens with one attached hydrogen (secondary N) is 1. The molecule has 2 saturated heterocycles. The van der Waals surface area contributed by atoms with Gasteiger partial charge in [0.1, 0.15) is 0 Å². The topological polar surface area (TPSA) is 18.5 Å². The number of rotatable bonds is 6. The summed E-state index contributed by atoms with van der Waals surface area (Å²) < 4.78 is 0. The van der Waals surface area contributed by atoms with Crippen molar-refractivity contribution in [1.29, 1.82) is 0 Å². The third-order valence-electron chi connectivity index (χ3n) is 4.39. The Morgan fingerprint density at radius 2 is 1.71 bits per heavy atom. The van der Waals surface area contributed by atoms with Crippen LogP contribution in [0, 0.1) is 5.92 Å². The van der Waals surface area contributed by atoms with E-state index in [2.05, 4.69) is 22.0 Å². The largest absolute Gasteiger partial charge is 0.315 e. The van der Waals surface area contributed by atoms with E-state index in [1.54, 1.807) is 0 Å². The second-order valence-electron chi connectivity index (χ2n) is 5.63. The Hall–Kier alpha value is -0.120. The third kappa shape index (κ3) is 4.57. The molecule has 0 bridgehead atoms. The van der Waals surface area contributed by atoms with E-state index in [4.69, 9.17) is 0 Å². The van der Waals surface area contributed by atoms with Crippen LogP contribution in [0.15, 0.2) is 0 Å². The molecule has 1 N–H and O–H groups in total. The molecule has 0 radical (unpaired) electrons. The first-order valence-corrected chi connectivity index (χ1v) is 7.54. The first-order valence-electron chi connectivity index (χ1n) is 7.54. The predicted molar refractivity (Wildman–Crippen MR) is 73.4 cm³/mol. The fourth-order valence-corrected chi connectivity index (χ4v) is 3.06. The van der Waals surface area contributed by atoms with Crippen molar-refractivity contribution in [1.82, 2.24) is 15.1 Å². The van der Waals surface area contributed by atoms with Crippen molar-refractivity contribution >= 4 is 0 Å². The molecular weight excluding hydrogens is 210 g/mol. The average molecular weight is 239 g/mol. The first kappa shape index (κ1) is 13.3. The fraction of sp³-hybridized carbons (Fsp3) is 1.00. The van der Waals surface area contributed by atoms with Crippen molar-refractivity contribution in [3.05, 3.63) is 0 Å². The van der Waals surface area contributed by atoms with Gasteiger partial charge in [-0.1, -0.05) is 6.92 Å². The summed E-state index contributed by atoms with van der Waals surface area (Å²) in [6, 6.07) is 0. The van der Waals surface area contributed by atoms with Crippen LogP contribution in [0.3, 0.4) is 0 Å². The van der Waals surface area contributed by atoms with Crippen LogP contribution in [0.1, 0.15) is 32.6 Å². The van der Waals surface area contributed by atoms with Gasteiger partial charge in [0, 0.05) is 13.1 Å². The van der Waals surface area contributed by atoms with Gasteiger partial charge in [-0.15, -0.1) is 0 Å². The molecule has 0 saturated carbocycles. The van der Waals surface area contributed by atoms with Crippen molar-refractivity contribution in [2.24, 2.45) is 5.92 Å². The Bertz CT molecular complexity index is 194. The highest BCUT2D eigenvalue weighted by molar-refractivity contribution is 4.74. The highest BCUT2D eigenvalue weighted by Crippen LogP contribution is 2.15. The Kier molecular flexibility index (Phi) is 5.75. The summed E-state index contributed by atoms with van der Waals surface area (Å²) in [6.07, 6.45) is 5.61. The molecule has 0 aromatic carbocycles. The molecule has 0 aromatic rings. The molecule has 2 aliphatic rings. The second-order valence-corrected chi connectivity index (χ2v) is 5.63. The quantitative estimate of drug-likeness (QED) is 0.707. The van der Waals surface area contributed by atoms with Gasteiger partial charge in [0.2, 0.25) is 0 Å². The molecule has 2 heterocycles. The van der Waals surface area contributed by atoms with Gasteiger partial charge in [0.15, 0.2) is 0 Å². The Balaban J connectivity index is 1.48. The standard InChI is InChI=1S/C14H29N3/c1-2-16-10-5-14(6-11-16)13-15-7-12-17-8-3-4-9-17/h14-15H,2-13H2,1H3. The van der Waals surface area contributed by atoms with Crippen LogP contribution in [0.5, 0.6) is 0 Å². The van der Waals surface area contributed by atoms with Gasteiger partial charge in [-0.05, 0) is 70.9 Å². The number of likely N-dealkylation sites (tertiary alicyclic amines) is 2. The normalized spacial score (nSPS) is 24.5. The summed E-state index contributed by atoms with van der Waals surface area (Å²) in [6.45, 7) is 12.5. The second kappa shape index (κ2) is 7.34. The van der Waals surface area contributed by atoms with Crippen molar-refractivity contribution in [2.75, 3.05) is 52.4 Å². The first-order chi connectivity index (χ1) is 8.38. The van der Waals surface area contributed by atoms with E-state index in [1.807, 2.05) is 0 Å². The van der Waals surface area contributed by atoms with Gasteiger partial charge in [-0.3, -0.25) is 0 Å². The van der Waals surface area contributed by atoms with Crippen LogP contribution in [-0.4, -0.2) is 62.2 Å². The molecule has 0 amide bonds. The van der Waals surface area contributed by atoms with Crippen LogP contribution in [-0.2, 0) is 0 Å². The van der Waals surface area contributed by atoms with Gasteiger partial charge >= 0.3 is 0 Å². The molecule has 3 heteroatoms. The lowest BCUT2D eigenvalue weighted by Crippen LogP contribution is -2.38. The highest BCUT2D eigenvalue weighted by Gasteiger charge is 2.17. The maximum Gasteiger partial charge on any atom is 0.0107 e. The van der Waals surface area contributed by atoms with E-state index >= 15 is 0 Å². The van der Waals surface area contributed by atoms with Crippen LogP contribution < -0.4 is 5.32 Å². The highest BCUT2D eigenvalue weighted by atomic mass is 15.2. The zero-order valence-corrected chi connectivity index (χ0v) is 11.5. The lowest BCUT2D eigenvalue weighted by Gasteiger charge is -2.31. The van der Waals surface area contributed by atoms with Gasteiger partial charge in [0.05, 0.1) is 0 Å². The molecule has 0 atom stereocenters. The van der Waals surface area contributed by atoms with Gasteiger partial charge in [-0.25, -0.2) is 0 Å². The van der Waals surface area contributed by atoms with Crippen LogP contribution in [0.2, 0.25) is 0 Å². The fourth-order valence-electron chi connectivity index (χ4n) is 3.06. The Labute approximate surface area is 107 Å². The molecule has 2 fully saturated rings. The van der Waals surface area contributed by atoms with E-state index in [0.717, 1.165) is 5.92 Å². The van der Waals surface area contributed by atoms with Crippen molar-refractivity contribution in [3.8, 4) is 0 Å². The van der Waals surface area contributed by atoms with Crippen molar-refractivity contribution < 1.29 is 0 Å². The van der Waals surface area contributed by atoms with E-state index in [1.165, 1.54) is 78.0 Å². The minimum absolute atomic E-state index is 0.927. The number of hydrogen-bond acceptors (Lipinski definition) is 3. The van der Waals surface area contributed by atoms with E-state index < -0.39 is 0 Å². The lowest BCUT2D eigenvalue weighted by atomic mass is 9.97. The SMILES string of the molecule is CCN1CCC(CNCCN2CCCC2)CC1. The van der Waals surface area contributed by atoms with Crippen LogP contribution >= 0.6 is 0 Å². The van der Waals surface area contributed by atoms with Crippen molar-refractivity contribution in [2.45, 2.75) is 32.6 Å². The molecule has 0 aliphatic carbocycles. The number of nitrogens with zero attached hydrogens (tertiary/aromatic N) is 2. The smallest absolute Gasteiger partial charge is 0.0107 e. The van der Waals surface area contributed by atoms with Crippen LogP contribution in [0.25, 0.3) is 0 Å². The minimum Gasteiger partial charge on any atom is -0.315 e. The van der Waals surface area contributed by atoms with Gasteiger partial charge in [-0.2, -0.15) is 0 Å². The molecule has 3 nitrogen and oxygen atoms in total. The molecular formula is C14H29N3. The summed E-state index contributed by atoms with van der Waals surface area (Å²) in [4.78, 5) is 5.16. The maximum atomic E-state index is 3.65. The Morgan fingerprint density at radius 1 is 1.00 bits per heavy atom. The number of piperidine rings is 1. The summed E-state index contributed by atoms with van der Waals surface area (Å²) in [5.41, 5.74) is 0. The monoisotopic (exact) mass is 239 g/mol. The molecule has 100 valence electrons. The summed E-state index contributed by atoms with van der Waals surface area (Å²) in [5, 5.41) is 3.65. The summed E-state index contributed by atoms with van der Waals surface area (Å²) in [7, 11) is 0. The maximum absolute atomic E-state index is 3.65. The lowest BCUT2D eigenvalue weighted by molar-refractivity contribution is 0.189. The number of hydrogen-bond donors (Lipinski definition) is 1. The molecule has 0 aromatic heterocycles. The van der Waals surface area contributed by atoms with Gasteiger partial charge < -0.3 is 15.1 Å². The zero-order valence-electron chi connectivity index (χ0n) is 11.5. The average Bonchev–Trinajstić information content (AvgIpc) is 2.88. The molecule has 17 heavy (non-hydrogen) atoms. The molecule has 2 rings (SSSR count). The third-order valence-corrected chi connectivity index (χ3v) is 4.39. The van der Waals surface area contributed by atoms with Gasteiger partial charge in [0.25, 0.3) is 0 Å². The van der Waals surface area contributed by atoms with E-state index in [0.29, 0.717) is 0 Å². The zero-order chi connectivity index (χ0) is 11.9. The molecule has 2 aliphatic heterocycles. The molecule has 0 unspecified atom stereocenters. The molecule has 0 spiro atoms.